The standard InChI is InChI=1S/C24H41F/c1-4-17-11-13-24(3)19(16-17)7-9-20-21-10-8-18(6-5-15-25)23(21,2)14-12-22(20)24/h17-22H,4-16H2,1-3H3/t17-,18?,19+,20-,21?,22?,23+,24-/m0/s1. The molecular formula is C24H41F. The molecule has 0 aromatic heterocycles. The van der Waals surface area contributed by atoms with E-state index in [1.807, 2.05) is 0 Å². The van der Waals surface area contributed by atoms with Crippen LogP contribution in [0.3, 0.4) is 0 Å². The molecule has 0 aromatic rings. The molecule has 4 saturated carbocycles. The first-order valence-electron chi connectivity index (χ1n) is 11.6. The van der Waals surface area contributed by atoms with E-state index in [4.69, 9.17) is 0 Å². The highest BCUT2D eigenvalue weighted by molar-refractivity contribution is 5.09. The van der Waals surface area contributed by atoms with Crippen LogP contribution < -0.4 is 0 Å². The summed E-state index contributed by atoms with van der Waals surface area (Å²) in [7, 11) is 0. The molecule has 0 radical (unpaired) electrons. The van der Waals surface area contributed by atoms with Crippen molar-refractivity contribution >= 4 is 0 Å². The average Bonchev–Trinajstić information content (AvgIpc) is 2.95. The van der Waals surface area contributed by atoms with E-state index in [1.54, 1.807) is 0 Å². The zero-order valence-electron chi connectivity index (χ0n) is 17.0. The summed E-state index contributed by atoms with van der Waals surface area (Å²) in [6.07, 6.45) is 16.7. The Balaban J connectivity index is 1.52. The predicted octanol–water partition coefficient (Wildman–Crippen LogP) is 7.42. The maximum Gasteiger partial charge on any atom is 0.0894 e. The molecule has 4 aliphatic rings. The second kappa shape index (κ2) is 6.83. The Morgan fingerprint density at radius 1 is 0.880 bits per heavy atom. The van der Waals surface area contributed by atoms with Gasteiger partial charge in [-0.1, -0.05) is 27.2 Å². The highest BCUT2D eigenvalue weighted by atomic mass is 19.1. The first-order chi connectivity index (χ1) is 12.0. The fourth-order valence-corrected chi connectivity index (χ4v) is 8.62. The van der Waals surface area contributed by atoms with Gasteiger partial charge in [-0.3, -0.25) is 4.39 Å². The molecule has 0 aromatic carbocycles. The van der Waals surface area contributed by atoms with Gasteiger partial charge in [-0.25, -0.2) is 0 Å². The van der Waals surface area contributed by atoms with E-state index in [2.05, 4.69) is 20.8 Å². The highest BCUT2D eigenvalue weighted by Crippen LogP contribution is 2.68. The Labute approximate surface area is 155 Å². The van der Waals surface area contributed by atoms with Gasteiger partial charge in [-0.05, 0) is 117 Å². The van der Waals surface area contributed by atoms with Crippen LogP contribution in [-0.2, 0) is 0 Å². The zero-order chi connectivity index (χ0) is 17.7. The summed E-state index contributed by atoms with van der Waals surface area (Å²) >= 11 is 0. The maximum atomic E-state index is 12.8. The third kappa shape index (κ3) is 2.82. The van der Waals surface area contributed by atoms with Gasteiger partial charge in [0.25, 0.3) is 0 Å². The van der Waals surface area contributed by atoms with Crippen LogP contribution in [0, 0.1) is 46.3 Å². The molecule has 4 rings (SSSR count). The molecule has 0 heterocycles. The third-order valence-corrected chi connectivity index (χ3v) is 10.2. The SMILES string of the molecule is CC[C@H]1CC[C@]2(C)C3CC[C@]4(C)C(CCCF)CCC4[C@@H]3CC[C@@H]2C1. The lowest BCUT2D eigenvalue weighted by molar-refractivity contribution is -0.118. The molecule has 0 nitrogen and oxygen atoms in total. The van der Waals surface area contributed by atoms with Crippen LogP contribution in [0.25, 0.3) is 0 Å². The largest absolute Gasteiger partial charge is 0.251 e. The number of fused-ring (bicyclic) bond motifs is 5. The predicted molar refractivity (Wildman–Crippen MR) is 104 cm³/mol. The molecule has 0 bridgehead atoms. The van der Waals surface area contributed by atoms with Gasteiger partial charge in [-0.15, -0.1) is 0 Å². The third-order valence-electron chi connectivity index (χ3n) is 10.2. The van der Waals surface area contributed by atoms with E-state index in [-0.39, 0.29) is 6.67 Å². The quantitative estimate of drug-likeness (QED) is 0.496. The summed E-state index contributed by atoms with van der Waals surface area (Å²) in [5.74, 6) is 5.80. The minimum absolute atomic E-state index is 0.109. The zero-order valence-corrected chi connectivity index (χ0v) is 17.0. The van der Waals surface area contributed by atoms with Gasteiger partial charge >= 0.3 is 0 Å². The normalized spacial score (nSPS) is 52.3. The van der Waals surface area contributed by atoms with Crippen molar-refractivity contribution in [1.29, 1.82) is 0 Å². The summed E-state index contributed by atoms with van der Waals surface area (Å²) in [4.78, 5) is 0. The van der Waals surface area contributed by atoms with Crippen molar-refractivity contribution in [2.24, 2.45) is 46.3 Å². The molecule has 0 aliphatic heterocycles. The summed E-state index contributed by atoms with van der Waals surface area (Å²) in [5, 5.41) is 0. The number of hydrogen-bond donors (Lipinski definition) is 0. The van der Waals surface area contributed by atoms with E-state index >= 15 is 0 Å². The lowest BCUT2D eigenvalue weighted by atomic mass is 9.44. The Morgan fingerprint density at radius 2 is 1.64 bits per heavy atom. The van der Waals surface area contributed by atoms with Crippen molar-refractivity contribution in [2.75, 3.05) is 6.67 Å². The monoisotopic (exact) mass is 348 g/mol. The molecular weight excluding hydrogens is 307 g/mol. The average molecular weight is 349 g/mol. The van der Waals surface area contributed by atoms with Gasteiger partial charge < -0.3 is 0 Å². The summed E-state index contributed by atoms with van der Waals surface area (Å²) in [6.45, 7) is 7.59. The first kappa shape index (κ1) is 18.3. The summed E-state index contributed by atoms with van der Waals surface area (Å²) in [5.41, 5.74) is 1.19. The van der Waals surface area contributed by atoms with Crippen molar-refractivity contribution < 1.29 is 4.39 Å². The van der Waals surface area contributed by atoms with Crippen LogP contribution in [0.2, 0.25) is 0 Å². The topological polar surface area (TPSA) is 0 Å². The smallest absolute Gasteiger partial charge is 0.0894 e. The molecule has 3 unspecified atom stereocenters. The van der Waals surface area contributed by atoms with Gasteiger partial charge in [0.2, 0.25) is 0 Å². The van der Waals surface area contributed by atoms with Gasteiger partial charge in [0.05, 0.1) is 6.67 Å². The fraction of sp³-hybridized carbons (Fsp3) is 1.00. The first-order valence-corrected chi connectivity index (χ1v) is 11.6. The van der Waals surface area contributed by atoms with Crippen LogP contribution in [0.15, 0.2) is 0 Å². The molecule has 0 saturated heterocycles. The fourth-order valence-electron chi connectivity index (χ4n) is 8.62. The second-order valence-electron chi connectivity index (χ2n) is 10.9. The minimum atomic E-state index is -0.109. The van der Waals surface area contributed by atoms with Gasteiger partial charge in [0.15, 0.2) is 0 Å². The summed E-state index contributed by atoms with van der Waals surface area (Å²) < 4.78 is 12.8. The molecule has 4 fully saturated rings. The van der Waals surface area contributed by atoms with Gasteiger partial charge in [0.1, 0.15) is 0 Å². The van der Waals surface area contributed by atoms with Crippen LogP contribution in [0.4, 0.5) is 4.39 Å². The minimum Gasteiger partial charge on any atom is -0.251 e. The molecule has 0 amide bonds. The van der Waals surface area contributed by atoms with Crippen molar-refractivity contribution in [3.63, 3.8) is 0 Å². The van der Waals surface area contributed by atoms with Crippen LogP contribution >= 0.6 is 0 Å². The van der Waals surface area contributed by atoms with Crippen LogP contribution in [0.1, 0.15) is 97.8 Å². The van der Waals surface area contributed by atoms with Crippen LogP contribution in [0.5, 0.6) is 0 Å². The van der Waals surface area contributed by atoms with E-state index in [0.29, 0.717) is 10.8 Å². The lowest BCUT2D eigenvalue weighted by Gasteiger charge is -2.61. The molecule has 8 atom stereocenters. The van der Waals surface area contributed by atoms with Gasteiger partial charge in [-0.2, -0.15) is 0 Å². The highest BCUT2D eigenvalue weighted by Gasteiger charge is 2.59. The molecule has 25 heavy (non-hydrogen) atoms. The van der Waals surface area contributed by atoms with Crippen molar-refractivity contribution in [2.45, 2.75) is 97.8 Å². The Bertz CT molecular complexity index is 473. The number of hydrogen-bond acceptors (Lipinski definition) is 0. The van der Waals surface area contributed by atoms with E-state index < -0.39 is 0 Å². The Kier molecular flexibility index (Phi) is 5.00. The van der Waals surface area contributed by atoms with E-state index in [0.717, 1.165) is 48.3 Å². The van der Waals surface area contributed by atoms with Crippen molar-refractivity contribution in [3.8, 4) is 0 Å². The molecule has 1 heteroatoms. The molecule has 144 valence electrons. The number of alkyl halides is 1. The molecule has 0 N–H and O–H groups in total. The van der Waals surface area contributed by atoms with Crippen molar-refractivity contribution in [3.05, 3.63) is 0 Å². The molecule has 0 spiro atoms. The Hall–Kier alpha value is -0.0700. The van der Waals surface area contributed by atoms with Crippen molar-refractivity contribution in [1.82, 2.24) is 0 Å². The number of rotatable bonds is 4. The van der Waals surface area contributed by atoms with E-state index in [9.17, 15) is 4.39 Å². The molecule has 4 aliphatic carbocycles. The second-order valence-corrected chi connectivity index (χ2v) is 10.9. The number of halogens is 1. The Morgan fingerprint density at radius 3 is 2.40 bits per heavy atom. The summed E-state index contributed by atoms with van der Waals surface area (Å²) in [6, 6.07) is 0. The van der Waals surface area contributed by atoms with Gasteiger partial charge in [0, 0.05) is 0 Å². The maximum absolute atomic E-state index is 12.8. The lowest BCUT2D eigenvalue weighted by Crippen LogP contribution is -2.53. The van der Waals surface area contributed by atoms with Crippen LogP contribution in [-0.4, -0.2) is 6.67 Å². The van der Waals surface area contributed by atoms with E-state index in [1.165, 1.54) is 64.2 Å².